The maximum atomic E-state index is 5.47. The van der Waals surface area contributed by atoms with Gasteiger partial charge in [-0.1, -0.05) is 39.5 Å². The molecule has 1 rings (SSSR count). The summed E-state index contributed by atoms with van der Waals surface area (Å²) in [5, 5.41) is 3.66. The smallest absolute Gasteiger partial charge is 0.0466 e. The van der Waals surface area contributed by atoms with E-state index < -0.39 is 0 Å². The lowest BCUT2D eigenvalue weighted by Crippen LogP contribution is -2.30. The highest BCUT2D eigenvalue weighted by molar-refractivity contribution is 4.77. The van der Waals surface area contributed by atoms with Gasteiger partial charge in [0.05, 0.1) is 0 Å². The van der Waals surface area contributed by atoms with Crippen LogP contribution in [0.5, 0.6) is 0 Å². The van der Waals surface area contributed by atoms with Crippen molar-refractivity contribution in [1.82, 2.24) is 5.32 Å². The summed E-state index contributed by atoms with van der Waals surface area (Å²) in [6, 6.07) is 0. The minimum absolute atomic E-state index is 0.762. The van der Waals surface area contributed by atoms with Gasteiger partial charge in [-0.05, 0) is 50.6 Å². The summed E-state index contributed by atoms with van der Waals surface area (Å²) >= 11 is 0. The molecule has 0 aromatic carbocycles. The van der Waals surface area contributed by atoms with E-state index in [9.17, 15) is 0 Å². The Kier molecular flexibility index (Phi) is 8.70. The van der Waals surface area contributed by atoms with Gasteiger partial charge in [0.1, 0.15) is 0 Å². The van der Waals surface area contributed by atoms with E-state index in [1.807, 2.05) is 0 Å². The Balaban J connectivity index is 2.22. The van der Waals surface area contributed by atoms with Gasteiger partial charge >= 0.3 is 0 Å². The van der Waals surface area contributed by atoms with Gasteiger partial charge in [-0.2, -0.15) is 0 Å². The third-order valence-corrected chi connectivity index (χ3v) is 4.09. The van der Waals surface area contributed by atoms with Crippen molar-refractivity contribution in [2.24, 2.45) is 17.8 Å². The third-order valence-electron chi connectivity index (χ3n) is 4.09. The van der Waals surface area contributed by atoms with Gasteiger partial charge < -0.3 is 10.1 Å². The largest absolute Gasteiger partial charge is 0.382 e. The van der Waals surface area contributed by atoms with Gasteiger partial charge in [-0.15, -0.1) is 0 Å². The predicted octanol–water partition coefficient (Wildman–Crippen LogP) is 3.86. The van der Waals surface area contributed by atoms with Crippen LogP contribution < -0.4 is 5.32 Å². The fraction of sp³-hybridized carbons (Fsp3) is 1.00. The average molecular weight is 255 g/mol. The van der Waals surface area contributed by atoms with Crippen LogP contribution in [0.15, 0.2) is 0 Å². The number of rotatable bonds is 10. The minimum Gasteiger partial charge on any atom is -0.382 e. The molecule has 1 saturated carbocycles. The Morgan fingerprint density at radius 3 is 2.50 bits per heavy atom. The fourth-order valence-electron chi connectivity index (χ4n) is 3.08. The van der Waals surface area contributed by atoms with E-state index in [4.69, 9.17) is 4.74 Å². The van der Waals surface area contributed by atoms with Crippen LogP contribution in [0.25, 0.3) is 0 Å². The molecular formula is C16H33NO. The normalized spacial score (nSPS) is 18.7. The molecule has 0 aliphatic heterocycles. The van der Waals surface area contributed by atoms with E-state index in [1.165, 1.54) is 45.1 Å². The van der Waals surface area contributed by atoms with Crippen LogP contribution in [0, 0.1) is 17.8 Å². The molecular weight excluding hydrogens is 222 g/mol. The summed E-state index contributed by atoms with van der Waals surface area (Å²) in [5.41, 5.74) is 0. The van der Waals surface area contributed by atoms with Crippen molar-refractivity contribution in [3.8, 4) is 0 Å². The molecule has 1 N–H and O–H groups in total. The molecule has 1 aliphatic rings. The minimum atomic E-state index is 0.762. The number of hydrogen-bond donors (Lipinski definition) is 1. The van der Waals surface area contributed by atoms with E-state index in [0.717, 1.165) is 37.5 Å². The number of hydrogen-bond acceptors (Lipinski definition) is 2. The summed E-state index contributed by atoms with van der Waals surface area (Å²) in [5.74, 6) is 2.62. The second-order valence-corrected chi connectivity index (χ2v) is 6.20. The summed E-state index contributed by atoms with van der Waals surface area (Å²) in [6.45, 7) is 10.8. The maximum Gasteiger partial charge on any atom is 0.0466 e. The molecule has 2 nitrogen and oxygen atoms in total. The molecule has 0 radical (unpaired) electrons. The van der Waals surface area contributed by atoms with Crippen LogP contribution in [0.4, 0.5) is 0 Å². The highest BCUT2D eigenvalue weighted by Gasteiger charge is 2.24. The Hall–Kier alpha value is -0.0800. The second kappa shape index (κ2) is 9.80. The van der Waals surface area contributed by atoms with Gasteiger partial charge in [0.2, 0.25) is 0 Å². The van der Waals surface area contributed by atoms with E-state index in [0.29, 0.717) is 0 Å². The molecule has 0 aromatic heterocycles. The molecule has 1 unspecified atom stereocenters. The third kappa shape index (κ3) is 6.75. The quantitative estimate of drug-likeness (QED) is 0.599. The van der Waals surface area contributed by atoms with E-state index in [-0.39, 0.29) is 0 Å². The molecule has 1 atom stereocenters. The van der Waals surface area contributed by atoms with Crippen LogP contribution in [0.1, 0.15) is 59.3 Å². The molecule has 0 bridgehead atoms. The Morgan fingerprint density at radius 2 is 1.89 bits per heavy atom. The van der Waals surface area contributed by atoms with Gasteiger partial charge in [-0.3, -0.25) is 0 Å². The van der Waals surface area contributed by atoms with Crippen LogP contribution >= 0.6 is 0 Å². The van der Waals surface area contributed by atoms with E-state index in [2.05, 4.69) is 26.1 Å². The van der Waals surface area contributed by atoms with Gasteiger partial charge in [-0.25, -0.2) is 0 Å². The molecule has 2 heteroatoms. The summed E-state index contributed by atoms with van der Waals surface area (Å²) in [4.78, 5) is 0. The molecule has 1 aliphatic carbocycles. The van der Waals surface area contributed by atoms with Crippen molar-refractivity contribution in [1.29, 1.82) is 0 Å². The van der Waals surface area contributed by atoms with E-state index >= 15 is 0 Å². The topological polar surface area (TPSA) is 21.3 Å². The average Bonchev–Trinajstić information content (AvgIpc) is 2.85. The Labute approximate surface area is 114 Å². The maximum absolute atomic E-state index is 5.47. The molecule has 108 valence electrons. The van der Waals surface area contributed by atoms with Crippen LogP contribution in [-0.4, -0.2) is 26.3 Å². The van der Waals surface area contributed by atoms with Crippen molar-refractivity contribution in [2.45, 2.75) is 59.3 Å². The second-order valence-electron chi connectivity index (χ2n) is 6.20. The predicted molar refractivity (Wildman–Crippen MR) is 78.9 cm³/mol. The van der Waals surface area contributed by atoms with Crippen molar-refractivity contribution < 1.29 is 4.74 Å². The van der Waals surface area contributed by atoms with Gasteiger partial charge in [0.15, 0.2) is 0 Å². The van der Waals surface area contributed by atoms with Gasteiger partial charge in [0.25, 0.3) is 0 Å². The zero-order chi connectivity index (χ0) is 13.2. The SMILES string of the molecule is CCOCCCC(CNCC(C)C)C1CCCC1. The Morgan fingerprint density at radius 1 is 1.17 bits per heavy atom. The molecule has 0 saturated heterocycles. The van der Waals surface area contributed by atoms with Crippen molar-refractivity contribution in [3.63, 3.8) is 0 Å². The first-order chi connectivity index (χ1) is 8.74. The van der Waals surface area contributed by atoms with Crippen molar-refractivity contribution in [3.05, 3.63) is 0 Å². The molecule has 0 aromatic rings. The fourth-order valence-corrected chi connectivity index (χ4v) is 3.08. The Bertz CT molecular complexity index is 188. The lowest BCUT2D eigenvalue weighted by atomic mass is 9.87. The van der Waals surface area contributed by atoms with Crippen molar-refractivity contribution >= 4 is 0 Å². The van der Waals surface area contributed by atoms with E-state index in [1.54, 1.807) is 0 Å². The zero-order valence-electron chi connectivity index (χ0n) is 12.7. The van der Waals surface area contributed by atoms with Crippen LogP contribution in [0.2, 0.25) is 0 Å². The summed E-state index contributed by atoms with van der Waals surface area (Å²) in [7, 11) is 0. The lowest BCUT2D eigenvalue weighted by Gasteiger charge is -2.24. The molecule has 0 amide bonds. The molecule has 0 heterocycles. The highest BCUT2D eigenvalue weighted by Crippen LogP contribution is 2.33. The number of nitrogens with one attached hydrogen (secondary N) is 1. The summed E-state index contributed by atoms with van der Waals surface area (Å²) in [6.07, 6.45) is 8.41. The van der Waals surface area contributed by atoms with Crippen LogP contribution in [0.3, 0.4) is 0 Å². The lowest BCUT2D eigenvalue weighted by molar-refractivity contribution is 0.135. The number of ether oxygens (including phenoxy) is 1. The molecule has 0 spiro atoms. The first-order valence-corrected chi connectivity index (χ1v) is 8.02. The molecule has 1 fully saturated rings. The summed E-state index contributed by atoms with van der Waals surface area (Å²) < 4.78 is 5.47. The molecule has 18 heavy (non-hydrogen) atoms. The van der Waals surface area contributed by atoms with Crippen LogP contribution in [-0.2, 0) is 4.74 Å². The standard InChI is InChI=1S/C16H33NO/c1-4-18-11-7-10-16(13-17-12-14(2)3)15-8-5-6-9-15/h14-17H,4-13H2,1-3H3. The monoisotopic (exact) mass is 255 g/mol. The first kappa shape index (κ1) is 16.0. The van der Waals surface area contributed by atoms with Gasteiger partial charge in [0, 0.05) is 13.2 Å². The zero-order valence-corrected chi connectivity index (χ0v) is 12.7. The highest BCUT2D eigenvalue weighted by atomic mass is 16.5. The van der Waals surface area contributed by atoms with Crippen molar-refractivity contribution in [2.75, 3.05) is 26.3 Å². The first-order valence-electron chi connectivity index (χ1n) is 8.02.